The van der Waals surface area contributed by atoms with Crippen LogP contribution >= 0.6 is 0 Å². The Bertz CT molecular complexity index is 904. The van der Waals surface area contributed by atoms with Crippen molar-refractivity contribution >= 4 is 13.2 Å². The molecule has 0 bridgehead atoms. The Hall–Kier alpha value is -2.24. The van der Waals surface area contributed by atoms with Gasteiger partial charge in [-0.25, -0.2) is 4.39 Å². The molecule has 1 fully saturated rings. The first-order valence-electron chi connectivity index (χ1n) is 11.1. The van der Waals surface area contributed by atoms with Crippen molar-refractivity contribution in [2.24, 2.45) is 0 Å². The number of halogens is 1. The molecule has 31 heavy (non-hydrogen) atoms. The molecule has 1 aromatic heterocycles. The van der Waals surface area contributed by atoms with Gasteiger partial charge in [-0.2, -0.15) is 0 Å². The normalized spacial score (nSPS) is 18.5. The van der Waals surface area contributed by atoms with Crippen molar-refractivity contribution in [2.75, 3.05) is 0 Å². The quantitative estimate of drug-likeness (QED) is 0.423. The highest BCUT2D eigenvalue weighted by atomic mass is 19.1. The minimum Gasteiger partial charge on any atom is -0.400 e. The summed E-state index contributed by atoms with van der Waals surface area (Å²) >= 11 is 0. The maximum absolute atomic E-state index is 14.9. The van der Waals surface area contributed by atoms with Crippen LogP contribution in [0.2, 0.25) is 0 Å². The number of benzene rings is 1. The number of unbranched alkanes of at least 4 members (excludes halogenated alkanes) is 1. The molecule has 3 rings (SSSR count). The van der Waals surface area contributed by atoms with Crippen LogP contribution in [-0.2, 0) is 9.31 Å². The van der Waals surface area contributed by atoms with Crippen molar-refractivity contribution in [1.82, 2.24) is 4.98 Å². The van der Waals surface area contributed by atoms with Gasteiger partial charge < -0.3 is 9.31 Å². The van der Waals surface area contributed by atoms with Crippen molar-refractivity contribution in [3.63, 3.8) is 0 Å². The van der Waals surface area contributed by atoms with Gasteiger partial charge in [0.05, 0.1) is 16.9 Å². The molecule has 1 saturated heterocycles. The first kappa shape index (κ1) is 23.4. The van der Waals surface area contributed by atoms with E-state index in [1.54, 1.807) is 12.3 Å². The number of nitrogens with zero attached hydrogens (tertiary/aromatic N) is 1. The molecular weight excluding hydrogens is 388 g/mol. The number of hydrogen-bond acceptors (Lipinski definition) is 3. The Morgan fingerprint density at radius 1 is 1.03 bits per heavy atom. The van der Waals surface area contributed by atoms with E-state index in [0.717, 1.165) is 41.7 Å². The van der Waals surface area contributed by atoms with E-state index < -0.39 is 18.3 Å². The molecule has 0 unspecified atom stereocenters. The fourth-order valence-electron chi connectivity index (χ4n) is 3.52. The molecule has 1 aromatic carbocycles. The molecule has 0 atom stereocenters. The monoisotopic (exact) mass is 421 g/mol. The van der Waals surface area contributed by atoms with E-state index in [1.807, 2.05) is 76.1 Å². The van der Waals surface area contributed by atoms with E-state index in [1.165, 1.54) is 0 Å². The minimum atomic E-state index is -0.442. The third kappa shape index (κ3) is 6.15. The second kappa shape index (κ2) is 9.93. The average Bonchev–Trinajstić information content (AvgIpc) is 2.93. The van der Waals surface area contributed by atoms with Gasteiger partial charge in [0.1, 0.15) is 5.83 Å². The van der Waals surface area contributed by atoms with Crippen molar-refractivity contribution in [3.8, 4) is 11.3 Å². The average molecular weight is 421 g/mol. The van der Waals surface area contributed by atoms with Crippen LogP contribution in [0.4, 0.5) is 4.39 Å². The van der Waals surface area contributed by atoms with Crippen molar-refractivity contribution in [2.45, 2.75) is 71.5 Å². The molecule has 5 heteroatoms. The first-order chi connectivity index (χ1) is 14.7. The van der Waals surface area contributed by atoms with E-state index in [2.05, 4.69) is 11.9 Å². The summed E-state index contributed by atoms with van der Waals surface area (Å²) in [7, 11) is -0.442. The maximum Gasteiger partial charge on any atom is 0.487 e. The SMILES string of the molecule is CCCC/C(=C/B1OC(C)(C)C(C)(C)O1)C/C(F)=C/c1ccc(-c2ccccn2)cc1. The second-order valence-electron chi connectivity index (χ2n) is 9.16. The summed E-state index contributed by atoms with van der Waals surface area (Å²) in [6.07, 6.45) is 6.55. The van der Waals surface area contributed by atoms with E-state index >= 15 is 0 Å². The number of pyridine rings is 1. The van der Waals surface area contributed by atoms with Gasteiger partial charge in [0, 0.05) is 18.2 Å². The van der Waals surface area contributed by atoms with Gasteiger partial charge in [-0.1, -0.05) is 55.2 Å². The van der Waals surface area contributed by atoms with Gasteiger partial charge in [0.25, 0.3) is 0 Å². The van der Waals surface area contributed by atoms with Crippen LogP contribution in [0.15, 0.2) is 66.0 Å². The van der Waals surface area contributed by atoms with Gasteiger partial charge in [-0.15, -0.1) is 0 Å². The van der Waals surface area contributed by atoms with Crippen LogP contribution in [0, 0.1) is 0 Å². The highest BCUT2D eigenvalue weighted by molar-refractivity contribution is 6.51. The largest absolute Gasteiger partial charge is 0.487 e. The molecule has 0 aliphatic carbocycles. The van der Waals surface area contributed by atoms with Crippen LogP contribution < -0.4 is 0 Å². The lowest BCUT2D eigenvalue weighted by molar-refractivity contribution is 0.00578. The number of rotatable bonds is 8. The van der Waals surface area contributed by atoms with E-state index in [0.29, 0.717) is 0 Å². The molecule has 0 N–H and O–H groups in total. The predicted molar refractivity (Wildman–Crippen MR) is 127 cm³/mol. The smallest absolute Gasteiger partial charge is 0.400 e. The summed E-state index contributed by atoms with van der Waals surface area (Å²) in [4.78, 5) is 4.36. The van der Waals surface area contributed by atoms with Gasteiger partial charge in [0.15, 0.2) is 0 Å². The number of hydrogen-bond donors (Lipinski definition) is 0. The maximum atomic E-state index is 14.9. The first-order valence-corrected chi connectivity index (χ1v) is 11.1. The van der Waals surface area contributed by atoms with Gasteiger partial charge in [0.2, 0.25) is 0 Å². The third-order valence-corrected chi connectivity index (χ3v) is 6.09. The fraction of sp³-hybridized carbons (Fsp3) is 0.423. The molecule has 0 saturated carbocycles. The van der Waals surface area contributed by atoms with Crippen LogP contribution in [0.25, 0.3) is 17.3 Å². The van der Waals surface area contributed by atoms with Crippen LogP contribution in [0.5, 0.6) is 0 Å². The standard InChI is InChI=1S/C26H33BFNO2/c1-6-7-10-21(19-27-30-25(2,3)26(4,5)31-27)18-23(28)17-20-12-14-22(15-13-20)24-11-8-9-16-29-24/h8-9,11-17,19H,6-7,10,18H2,1-5H3/b21-19-,23-17-. The van der Waals surface area contributed by atoms with Crippen LogP contribution in [0.3, 0.4) is 0 Å². The van der Waals surface area contributed by atoms with Crippen LogP contribution in [-0.4, -0.2) is 23.3 Å². The summed E-state index contributed by atoms with van der Waals surface area (Å²) in [5.74, 6) is 1.80. The predicted octanol–water partition coefficient (Wildman–Crippen LogP) is 7.20. The minimum absolute atomic E-state index is 0.163. The number of aromatic nitrogens is 1. The molecular formula is C26H33BFNO2. The summed E-state index contributed by atoms with van der Waals surface area (Å²) < 4.78 is 27.1. The second-order valence-corrected chi connectivity index (χ2v) is 9.16. The molecule has 164 valence electrons. The highest BCUT2D eigenvalue weighted by Crippen LogP contribution is 2.37. The highest BCUT2D eigenvalue weighted by Gasteiger charge is 2.50. The summed E-state index contributed by atoms with van der Waals surface area (Å²) in [5, 5.41) is 0. The summed E-state index contributed by atoms with van der Waals surface area (Å²) in [6, 6.07) is 13.6. The molecule has 0 amide bonds. The number of allylic oxidation sites excluding steroid dienone is 2. The lowest BCUT2D eigenvalue weighted by atomic mass is 9.84. The molecule has 0 radical (unpaired) electrons. The van der Waals surface area contributed by atoms with E-state index in [4.69, 9.17) is 9.31 Å². The van der Waals surface area contributed by atoms with Crippen LogP contribution in [0.1, 0.15) is 65.9 Å². The summed E-state index contributed by atoms with van der Waals surface area (Å²) in [5.41, 5.74) is 2.98. The Morgan fingerprint density at radius 3 is 2.29 bits per heavy atom. The Labute approximate surface area is 186 Å². The van der Waals surface area contributed by atoms with Crippen molar-refractivity contribution in [3.05, 3.63) is 71.6 Å². The Morgan fingerprint density at radius 2 is 1.71 bits per heavy atom. The third-order valence-electron chi connectivity index (χ3n) is 6.09. The molecule has 3 nitrogen and oxygen atoms in total. The van der Waals surface area contributed by atoms with E-state index in [-0.39, 0.29) is 12.2 Å². The lowest BCUT2D eigenvalue weighted by Crippen LogP contribution is -2.41. The summed E-state index contributed by atoms with van der Waals surface area (Å²) in [6.45, 7) is 10.3. The van der Waals surface area contributed by atoms with Crippen molar-refractivity contribution < 1.29 is 13.7 Å². The van der Waals surface area contributed by atoms with Gasteiger partial charge in [-0.3, -0.25) is 4.98 Å². The fourth-order valence-corrected chi connectivity index (χ4v) is 3.52. The van der Waals surface area contributed by atoms with Gasteiger partial charge >= 0.3 is 7.12 Å². The Kier molecular flexibility index (Phi) is 7.50. The lowest BCUT2D eigenvalue weighted by Gasteiger charge is -2.32. The van der Waals surface area contributed by atoms with Gasteiger partial charge in [-0.05, 0) is 64.3 Å². The Balaban J connectivity index is 1.71. The zero-order chi connectivity index (χ0) is 22.5. The molecule has 0 spiro atoms. The molecule has 1 aliphatic rings. The van der Waals surface area contributed by atoms with Crippen molar-refractivity contribution in [1.29, 1.82) is 0 Å². The van der Waals surface area contributed by atoms with E-state index in [9.17, 15) is 4.39 Å². The zero-order valence-electron chi connectivity index (χ0n) is 19.3. The topological polar surface area (TPSA) is 31.4 Å². The molecule has 2 aromatic rings. The molecule has 1 aliphatic heterocycles. The molecule has 2 heterocycles. The zero-order valence-corrected chi connectivity index (χ0v) is 19.3.